The molecule has 0 unspecified atom stereocenters. The molecule has 1 aliphatic carbocycles. The minimum absolute atomic E-state index is 0.0216. The first kappa shape index (κ1) is 29.6. The number of carboxylic acid groups (broad SMARTS) is 3. The number of aldehydes is 1. The van der Waals surface area contributed by atoms with Crippen molar-refractivity contribution in [2.45, 2.75) is 31.7 Å². The number of hydrogen-bond donors (Lipinski definition) is 4. The van der Waals surface area contributed by atoms with Crippen molar-refractivity contribution in [2.24, 2.45) is 5.92 Å². The molecule has 1 amide bonds. The second-order valence-electron chi connectivity index (χ2n) is 9.60. The van der Waals surface area contributed by atoms with Crippen LogP contribution in [0, 0.1) is 5.92 Å². The van der Waals surface area contributed by atoms with E-state index in [1.807, 2.05) is 4.90 Å². The van der Waals surface area contributed by atoms with Crippen LogP contribution in [0.2, 0.25) is 0 Å². The molecule has 0 atom stereocenters. The van der Waals surface area contributed by atoms with Crippen LogP contribution in [0.1, 0.15) is 25.7 Å². The summed E-state index contributed by atoms with van der Waals surface area (Å²) in [6.07, 6.45) is 3.99. The molecule has 0 bridgehead atoms. The summed E-state index contributed by atoms with van der Waals surface area (Å²) >= 11 is 0. The Morgan fingerprint density at radius 3 is 1.25 bits per heavy atom. The molecule has 0 aromatic heterocycles. The molecular formula is C23H39N5O8. The molecule has 2 rings (SSSR count). The molecule has 0 radical (unpaired) electrons. The second kappa shape index (κ2) is 15.5. The molecule has 13 heteroatoms. The maximum absolute atomic E-state index is 12.8. The van der Waals surface area contributed by atoms with Gasteiger partial charge in [0.1, 0.15) is 6.29 Å². The van der Waals surface area contributed by atoms with Crippen LogP contribution in [0.15, 0.2) is 0 Å². The predicted molar refractivity (Wildman–Crippen MR) is 129 cm³/mol. The zero-order chi connectivity index (χ0) is 26.5. The zero-order valence-electron chi connectivity index (χ0n) is 20.7. The van der Waals surface area contributed by atoms with E-state index in [-0.39, 0.29) is 44.0 Å². The highest BCUT2D eigenvalue weighted by Gasteiger charge is 2.24. The molecule has 2 fully saturated rings. The molecular weight excluding hydrogens is 474 g/mol. The van der Waals surface area contributed by atoms with Crippen molar-refractivity contribution in [3.05, 3.63) is 0 Å². The number of nitrogens with one attached hydrogen (secondary N) is 1. The summed E-state index contributed by atoms with van der Waals surface area (Å²) in [6.45, 7) is 2.32. The average Bonchev–Trinajstić information content (AvgIpc) is 2.80. The smallest absolute Gasteiger partial charge is 0.317 e. The minimum Gasteiger partial charge on any atom is -0.480 e. The molecule has 0 spiro atoms. The summed E-state index contributed by atoms with van der Waals surface area (Å²) in [5.74, 6) is -3.09. The monoisotopic (exact) mass is 513 g/mol. The molecule has 13 nitrogen and oxygen atoms in total. The summed E-state index contributed by atoms with van der Waals surface area (Å²) in [5, 5.41) is 30.9. The molecule has 2 aliphatic rings. The van der Waals surface area contributed by atoms with E-state index in [2.05, 4.69) is 5.32 Å². The third kappa shape index (κ3) is 11.9. The average molecular weight is 514 g/mol. The number of amides is 1. The van der Waals surface area contributed by atoms with E-state index < -0.39 is 17.9 Å². The van der Waals surface area contributed by atoms with E-state index in [0.717, 1.165) is 32.0 Å². The van der Waals surface area contributed by atoms with Crippen LogP contribution in [-0.4, -0.2) is 150 Å². The Balaban J connectivity index is 2.04. The van der Waals surface area contributed by atoms with E-state index >= 15 is 0 Å². The standard InChI is InChI=1S/C23H39N5O8/c29-17-18-1-3-19(4-2-18)24-20(30)13-25-5-7-26(14-21(31)32)9-11-28(16-23(35)36)12-10-27(8-6-25)15-22(33)34/h17-19H,1-16H2,(H,24,30)(H,31,32)(H,33,34)(H,35,36). The lowest BCUT2D eigenvalue weighted by molar-refractivity contribution is -0.140. The van der Waals surface area contributed by atoms with Crippen molar-refractivity contribution in [2.75, 3.05) is 78.5 Å². The van der Waals surface area contributed by atoms with Crippen LogP contribution in [0.3, 0.4) is 0 Å². The van der Waals surface area contributed by atoms with Crippen molar-refractivity contribution in [3.63, 3.8) is 0 Å². The first-order chi connectivity index (χ1) is 17.1. The normalized spacial score (nSPS) is 24.2. The van der Waals surface area contributed by atoms with Gasteiger partial charge in [0.2, 0.25) is 5.91 Å². The Morgan fingerprint density at radius 1 is 0.611 bits per heavy atom. The maximum Gasteiger partial charge on any atom is 0.317 e. The SMILES string of the molecule is O=CC1CCC(NC(=O)CN2CCN(CC(=O)O)CCN(CC(=O)O)CCN(CC(=O)O)CC2)CC1. The van der Waals surface area contributed by atoms with Crippen LogP contribution < -0.4 is 5.32 Å². The molecule has 1 saturated carbocycles. The van der Waals surface area contributed by atoms with Gasteiger partial charge in [0.05, 0.1) is 26.2 Å². The first-order valence-corrected chi connectivity index (χ1v) is 12.4. The van der Waals surface area contributed by atoms with Gasteiger partial charge < -0.3 is 25.4 Å². The Kier molecular flexibility index (Phi) is 12.7. The molecule has 0 aromatic rings. The van der Waals surface area contributed by atoms with Gasteiger partial charge in [-0.25, -0.2) is 0 Å². The van der Waals surface area contributed by atoms with E-state index in [4.69, 9.17) is 0 Å². The van der Waals surface area contributed by atoms with Gasteiger partial charge in [-0.2, -0.15) is 0 Å². The topological polar surface area (TPSA) is 171 Å². The van der Waals surface area contributed by atoms with Crippen LogP contribution in [0.25, 0.3) is 0 Å². The molecule has 1 heterocycles. The lowest BCUT2D eigenvalue weighted by Gasteiger charge is -2.33. The fourth-order valence-electron chi connectivity index (χ4n) is 4.66. The van der Waals surface area contributed by atoms with Gasteiger partial charge in [0.25, 0.3) is 0 Å². The van der Waals surface area contributed by atoms with Crippen molar-refractivity contribution < 1.29 is 39.3 Å². The highest BCUT2D eigenvalue weighted by molar-refractivity contribution is 5.78. The van der Waals surface area contributed by atoms with Gasteiger partial charge >= 0.3 is 17.9 Å². The number of rotatable bonds is 10. The Labute approximate surface area is 211 Å². The molecule has 36 heavy (non-hydrogen) atoms. The van der Waals surface area contributed by atoms with Gasteiger partial charge in [-0.15, -0.1) is 0 Å². The van der Waals surface area contributed by atoms with Gasteiger partial charge in [0, 0.05) is 64.3 Å². The number of hydrogen-bond acceptors (Lipinski definition) is 9. The number of carboxylic acids is 3. The fraction of sp³-hybridized carbons (Fsp3) is 0.783. The molecule has 4 N–H and O–H groups in total. The van der Waals surface area contributed by atoms with Gasteiger partial charge in [-0.3, -0.25) is 38.8 Å². The van der Waals surface area contributed by atoms with E-state index in [1.54, 1.807) is 14.7 Å². The number of carbonyl (C=O) groups excluding carboxylic acids is 2. The predicted octanol–water partition coefficient (Wildman–Crippen LogP) is -1.66. The number of aliphatic carboxylic acids is 3. The third-order valence-electron chi connectivity index (χ3n) is 6.70. The van der Waals surface area contributed by atoms with E-state index in [9.17, 15) is 39.3 Å². The third-order valence-corrected chi connectivity index (χ3v) is 6.70. The second-order valence-corrected chi connectivity index (χ2v) is 9.60. The van der Waals surface area contributed by atoms with E-state index in [1.165, 1.54) is 0 Å². The van der Waals surface area contributed by atoms with Crippen LogP contribution in [-0.2, 0) is 24.0 Å². The number of carbonyl (C=O) groups is 5. The Hall–Kier alpha value is -2.61. The number of nitrogens with zero attached hydrogens (tertiary/aromatic N) is 4. The largest absolute Gasteiger partial charge is 0.480 e. The Bertz CT molecular complexity index is 727. The van der Waals surface area contributed by atoms with E-state index in [0.29, 0.717) is 52.4 Å². The molecule has 0 aromatic carbocycles. The minimum atomic E-state index is -1.01. The van der Waals surface area contributed by atoms with Crippen molar-refractivity contribution in [1.29, 1.82) is 0 Å². The molecule has 1 saturated heterocycles. The van der Waals surface area contributed by atoms with Crippen LogP contribution in [0.5, 0.6) is 0 Å². The summed E-state index contributed by atoms with van der Waals surface area (Å²) in [5.41, 5.74) is 0. The van der Waals surface area contributed by atoms with Gasteiger partial charge in [0.15, 0.2) is 0 Å². The van der Waals surface area contributed by atoms with Crippen LogP contribution in [0.4, 0.5) is 0 Å². The highest BCUT2D eigenvalue weighted by Crippen LogP contribution is 2.22. The zero-order valence-corrected chi connectivity index (χ0v) is 20.7. The van der Waals surface area contributed by atoms with Crippen LogP contribution >= 0.6 is 0 Å². The summed E-state index contributed by atoms with van der Waals surface area (Å²) in [7, 11) is 0. The lowest BCUT2D eigenvalue weighted by atomic mass is 9.87. The maximum atomic E-state index is 12.8. The van der Waals surface area contributed by atoms with Crippen molar-refractivity contribution >= 4 is 30.1 Å². The summed E-state index contributed by atoms with van der Waals surface area (Å²) in [4.78, 5) is 64.7. The van der Waals surface area contributed by atoms with Crippen molar-refractivity contribution in [1.82, 2.24) is 24.9 Å². The fourth-order valence-corrected chi connectivity index (χ4v) is 4.66. The first-order valence-electron chi connectivity index (χ1n) is 12.4. The molecule has 204 valence electrons. The Morgan fingerprint density at radius 2 is 0.944 bits per heavy atom. The molecule has 1 aliphatic heterocycles. The quantitative estimate of drug-likeness (QED) is 0.245. The lowest BCUT2D eigenvalue weighted by Crippen LogP contribution is -2.50. The summed E-state index contributed by atoms with van der Waals surface area (Å²) < 4.78 is 0. The summed E-state index contributed by atoms with van der Waals surface area (Å²) in [6, 6.07) is 0.0216. The van der Waals surface area contributed by atoms with Gasteiger partial charge in [-0.05, 0) is 25.7 Å². The van der Waals surface area contributed by atoms with Gasteiger partial charge in [-0.1, -0.05) is 0 Å². The highest BCUT2D eigenvalue weighted by atomic mass is 16.4. The van der Waals surface area contributed by atoms with Crippen molar-refractivity contribution in [3.8, 4) is 0 Å².